The van der Waals surface area contributed by atoms with Crippen LogP contribution in [-0.4, -0.2) is 30.7 Å². The highest BCUT2D eigenvalue weighted by Crippen LogP contribution is 2.29. The van der Waals surface area contributed by atoms with E-state index < -0.39 is 6.04 Å². The van der Waals surface area contributed by atoms with Gasteiger partial charge in [0.05, 0.1) is 11.4 Å². The molecule has 0 radical (unpaired) electrons. The van der Waals surface area contributed by atoms with Gasteiger partial charge in [-0.25, -0.2) is 4.79 Å². The number of amides is 3. The van der Waals surface area contributed by atoms with Crippen molar-refractivity contribution < 1.29 is 9.59 Å². The van der Waals surface area contributed by atoms with Gasteiger partial charge in [-0.15, -0.1) is 0 Å². The molecule has 3 N–H and O–H groups in total. The number of carbonyl (C=O) groups is 2. The Kier molecular flexibility index (Phi) is 6.44. The number of aliphatic imine (C=N–C) groups is 1. The molecule has 0 bridgehead atoms. The average Bonchev–Trinajstić information content (AvgIpc) is 2.92. The van der Waals surface area contributed by atoms with E-state index in [1.54, 1.807) is 43.4 Å². The van der Waals surface area contributed by atoms with Gasteiger partial charge in [-0.1, -0.05) is 53.5 Å². The van der Waals surface area contributed by atoms with E-state index in [2.05, 4.69) is 16.0 Å². The van der Waals surface area contributed by atoms with Crippen molar-refractivity contribution >= 4 is 52.2 Å². The quantitative estimate of drug-likeness (QED) is 0.496. The molecule has 6 nitrogen and oxygen atoms in total. The maximum Gasteiger partial charge on any atom is 0.318 e. The lowest BCUT2D eigenvalue weighted by molar-refractivity contribution is -0.117. The molecule has 4 rings (SSSR count). The van der Waals surface area contributed by atoms with Gasteiger partial charge in [-0.05, 0) is 42.0 Å². The van der Waals surface area contributed by atoms with Crippen LogP contribution in [0.4, 0.5) is 16.2 Å². The third-order valence-corrected chi connectivity index (χ3v) is 5.70. The zero-order chi connectivity index (χ0) is 22.7. The number of hydrogen-bond acceptors (Lipinski definition) is 3. The zero-order valence-corrected chi connectivity index (χ0v) is 18.7. The maximum absolute atomic E-state index is 13.0. The van der Waals surface area contributed by atoms with Gasteiger partial charge in [0.15, 0.2) is 0 Å². The van der Waals surface area contributed by atoms with Crippen LogP contribution in [0.1, 0.15) is 16.7 Å². The van der Waals surface area contributed by atoms with E-state index in [4.69, 9.17) is 28.2 Å². The van der Waals surface area contributed by atoms with E-state index in [0.717, 1.165) is 16.7 Å². The molecule has 1 heterocycles. The van der Waals surface area contributed by atoms with Crippen molar-refractivity contribution in [2.24, 2.45) is 4.99 Å². The highest BCUT2D eigenvalue weighted by molar-refractivity contribution is 6.32. The molecular formula is C24H20Cl2N4O2. The van der Waals surface area contributed by atoms with Crippen molar-refractivity contribution in [1.29, 1.82) is 0 Å². The molecule has 162 valence electrons. The minimum absolute atomic E-state index is 0.221. The lowest BCUT2D eigenvalue weighted by atomic mass is 10.00. The molecule has 8 heteroatoms. The third-order valence-electron chi connectivity index (χ3n) is 5.10. The molecule has 3 aromatic rings. The van der Waals surface area contributed by atoms with Crippen LogP contribution in [0.15, 0.2) is 71.7 Å². The molecule has 1 aliphatic rings. The minimum Gasteiger partial charge on any atom is -0.341 e. The van der Waals surface area contributed by atoms with Gasteiger partial charge in [0.1, 0.15) is 6.04 Å². The lowest BCUT2D eigenvalue weighted by Gasteiger charge is -2.13. The number of halogens is 2. The third kappa shape index (κ3) is 4.77. The second kappa shape index (κ2) is 9.42. The molecule has 32 heavy (non-hydrogen) atoms. The van der Waals surface area contributed by atoms with Crippen molar-refractivity contribution in [3.05, 3.63) is 93.5 Å². The van der Waals surface area contributed by atoms with E-state index in [1.165, 1.54) is 0 Å². The highest BCUT2D eigenvalue weighted by Gasteiger charge is 2.27. The lowest BCUT2D eigenvalue weighted by Crippen LogP contribution is -2.27. The first kappa shape index (κ1) is 21.9. The van der Waals surface area contributed by atoms with Crippen LogP contribution >= 0.6 is 23.2 Å². The Morgan fingerprint density at radius 1 is 1.06 bits per heavy atom. The van der Waals surface area contributed by atoms with E-state index in [9.17, 15) is 9.59 Å². The number of carbonyl (C=O) groups excluding carboxylic acids is 2. The molecule has 1 aliphatic heterocycles. The van der Waals surface area contributed by atoms with E-state index >= 15 is 0 Å². The van der Waals surface area contributed by atoms with Gasteiger partial charge in [0.25, 0.3) is 0 Å². The second-order valence-corrected chi connectivity index (χ2v) is 8.09. The average molecular weight is 467 g/mol. The number of nitrogens with zero attached hydrogens (tertiary/aromatic N) is 1. The second-order valence-electron chi connectivity index (χ2n) is 7.25. The number of nitrogens with one attached hydrogen (secondary N) is 3. The smallest absolute Gasteiger partial charge is 0.318 e. The summed E-state index contributed by atoms with van der Waals surface area (Å²) < 4.78 is 0. The van der Waals surface area contributed by atoms with Gasteiger partial charge in [0, 0.05) is 40.3 Å². The van der Waals surface area contributed by atoms with Crippen LogP contribution in [-0.2, 0) is 11.2 Å². The fourth-order valence-electron chi connectivity index (χ4n) is 3.47. The first-order chi connectivity index (χ1) is 15.4. The van der Waals surface area contributed by atoms with Gasteiger partial charge in [0.2, 0.25) is 5.91 Å². The Balaban J connectivity index is 1.76. The Labute approximate surface area is 195 Å². The summed E-state index contributed by atoms with van der Waals surface area (Å²) in [6.07, 6.45) is 0.354. The van der Waals surface area contributed by atoms with E-state index in [0.29, 0.717) is 33.6 Å². The highest BCUT2D eigenvalue weighted by atomic mass is 35.5. The molecule has 3 amide bonds. The van der Waals surface area contributed by atoms with Crippen LogP contribution < -0.4 is 16.0 Å². The standard InChI is InChI=1S/C24H20Cl2N4O2/c1-27-24(32)28-17-9-6-14(7-10-17)22-18-13-16(25)8-11-20(18)30-23(31)21(29-22)12-15-4-2-3-5-19(15)26/h2-11,13,21H,12H2,1H3,(H,30,31)(H2,27,28,32). The first-order valence-corrected chi connectivity index (χ1v) is 10.7. The molecule has 3 aromatic carbocycles. The Morgan fingerprint density at radius 3 is 2.53 bits per heavy atom. The summed E-state index contributed by atoms with van der Waals surface area (Å²) in [5.74, 6) is -0.221. The van der Waals surface area contributed by atoms with Crippen LogP contribution in [0, 0.1) is 0 Å². The first-order valence-electron chi connectivity index (χ1n) is 9.96. The minimum atomic E-state index is -0.681. The number of anilines is 2. The maximum atomic E-state index is 13.0. The number of benzodiazepines with no additional fused rings is 1. The Bertz CT molecular complexity index is 1210. The molecule has 0 saturated heterocycles. The summed E-state index contributed by atoms with van der Waals surface area (Å²) in [4.78, 5) is 29.4. The summed E-state index contributed by atoms with van der Waals surface area (Å²) in [5, 5.41) is 9.33. The predicted octanol–water partition coefficient (Wildman–Crippen LogP) is 5.15. The van der Waals surface area contributed by atoms with Crippen molar-refractivity contribution in [3.63, 3.8) is 0 Å². The van der Waals surface area contributed by atoms with Gasteiger partial charge < -0.3 is 16.0 Å². The van der Waals surface area contributed by atoms with Crippen LogP contribution in [0.3, 0.4) is 0 Å². The Morgan fingerprint density at radius 2 is 1.81 bits per heavy atom. The molecule has 0 aromatic heterocycles. The van der Waals surface area contributed by atoms with Crippen molar-refractivity contribution in [2.75, 3.05) is 17.7 Å². The number of fused-ring (bicyclic) bond motifs is 1. The van der Waals surface area contributed by atoms with E-state index in [-0.39, 0.29) is 11.9 Å². The normalized spacial score (nSPS) is 15.2. The fourth-order valence-corrected chi connectivity index (χ4v) is 3.85. The zero-order valence-electron chi connectivity index (χ0n) is 17.2. The number of urea groups is 1. The van der Waals surface area contributed by atoms with Crippen LogP contribution in [0.25, 0.3) is 0 Å². The summed E-state index contributed by atoms with van der Waals surface area (Å²) in [5.41, 5.74) is 4.25. The summed E-state index contributed by atoms with van der Waals surface area (Å²) in [6, 6.07) is 18.9. The molecule has 0 saturated carbocycles. The van der Waals surface area contributed by atoms with E-state index in [1.807, 2.05) is 30.3 Å². The van der Waals surface area contributed by atoms with Gasteiger partial charge in [-0.2, -0.15) is 0 Å². The fraction of sp³-hybridized carbons (Fsp3) is 0.125. The number of hydrogen-bond donors (Lipinski definition) is 3. The van der Waals surface area contributed by atoms with Gasteiger partial charge in [-0.3, -0.25) is 9.79 Å². The number of rotatable bonds is 4. The summed E-state index contributed by atoms with van der Waals surface area (Å²) in [6.45, 7) is 0. The van der Waals surface area contributed by atoms with Crippen molar-refractivity contribution in [1.82, 2.24) is 5.32 Å². The predicted molar refractivity (Wildman–Crippen MR) is 129 cm³/mol. The molecule has 1 atom stereocenters. The SMILES string of the molecule is CNC(=O)Nc1ccc(C2=NC(Cc3ccccc3Cl)C(=O)Nc3ccc(Cl)cc32)cc1. The molecule has 0 spiro atoms. The van der Waals surface area contributed by atoms with Crippen LogP contribution in [0.5, 0.6) is 0 Å². The number of benzene rings is 3. The van der Waals surface area contributed by atoms with Crippen molar-refractivity contribution in [2.45, 2.75) is 12.5 Å². The summed E-state index contributed by atoms with van der Waals surface area (Å²) >= 11 is 12.6. The topological polar surface area (TPSA) is 82.6 Å². The van der Waals surface area contributed by atoms with Gasteiger partial charge >= 0.3 is 6.03 Å². The molecule has 0 fully saturated rings. The monoisotopic (exact) mass is 466 g/mol. The molecule has 0 aliphatic carbocycles. The molecular weight excluding hydrogens is 447 g/mol. The summed E-state index contributed by atoms with van der Waals surface area (Å²) in [7, 11) is 1.55. The largest absolute Gasteiger partial charge is 0.341 e. The molecule has 1 unspecified atom stereocenters. The Hall–Kier alpha value is -3.35. The van der Waals surface area contributed by atoms with Crippen molar-refractivity contribution in [3.8, 4) is 0 Å². The van der Waals surface area contributed by atoms with Crippen LogP contribution in [0.2, 0.25) is 10.0 Å².